The number of carbonyl (C=O) groups is 2. The van der Waals surface area contributed by atoms with E-state index in [0.29, 0.717) is 19.8 Å². The van der Waals surface area contributed by atoms with Crippen LogP contribution in [0.25, 0.3) is 0 Å². The number of amides is 1. The zero-order chi connectivity index (χ0) is 15.0. The molecule has 2 heterocycles. The smallest absolute Gasteiger partial charge is 0.410 e. The number of aliphatic carboxylic acids is 1. The first kappa shape index (κ1) is 15.1. The molecule has 2 aliphatic heterocycles. The molecule has 2 aliphatic rings. The molecule has 6 nitrogen and oxygen atoms in total. The van der Waals surface area contributed by atoms with E-state index in [1.54, 1.807) is 20.8 Å². The van der Waals surface area contributed by atoms with Crippen LogP contribution in [0, 0.1) is 11.3 Å². The van der Waals surface area contributed by atoms with Crippen molar-refractivity contribution in [1.29, 1.82) is 0 Å². The minimum absolute atomic E-state index is 0.202. The number of hydrogen-bond donors (Lipinski definition) is 1. The Labute approximate surface area is 119 Å². The lowest BCUT2D eigenvalue weighted by molar-refractivity contribution is -0.148. The zero-order valence-electron chi connectivity index (χ0n) is 12.3. The van der Waals surface area contributed by atoms with E-state index in [1.165, 1.54) is 4.90 Å². The van der Waals surface area contributed by atoms with Gasteiger partial charge in [-0.15, -0.1) is 0 Å². The highest BCUT2D eigenvalue weighted by molar-refractivity contribution is 5.75. The summed E-state index contributed by atoms with van der Waals surface area (Å²) in [4.78, 5) is 25.1. The van der Waals surface area contributed by atoms with E-state index in [4.69, 9.17) is 9.47 Å². The molecule has 2 rings (SSSR count). The highest BCUT2D eigenvalue weighted by Gasteiger charge is 2.53. The van der Waals surface area contributed by atoms with Gasteiger partial charge in [0.1, 0.15) is 5.60 Å². The van der Waals surface area contributed by atoms with E-state index in [-0.39, 0.29) is 6.54 Å². The third kappa shape index (κ3) is 3.06. The van der Waals surface area contributed by atoms with Crippen LogP contribution in [0.15, 0.2) is 0 Å². The van der Waals surface area contributed by atoms with Crippen molar-refractivity contribution in [3.8, 4) is 0 Å². The molecule has 2 unspecified atom stereocenters. The summed E-state index contributed by atoms with van der Waals surface area (Å²) in [7, 11) is 0. The second-order valence-electron chi connectivity index (χ2n) is 6.77. The molecule has 1 spiro atoms. The Hall–Kier alpha value is -1.30. The number of likely N-dealkylation sites (tertiary alicyclic amines) is 1. The van der Waals surface area contributed by atoms with Crippen molar-refractivity contribution in [2.24, 2.45) is 11.3 Å². The maximum atomic E-state index is 12.1. The van der Waals surface area contributed by atoms with Crippen molar-refractivity contribution >= 4 is 12.1 Å². The predicted molar refractivity (Wildman–Crippen MR) is 71.4 cm³/mol. The molecule has 0 aromatic carbocycles. The quantitative estimate of drug-likeness (QED) is 0.794. The monoisotopic (exact) mass is 285 g/mol. The fraction of sp³-hybridized carbons (Fsp3) is 0.857. The molecule has 0 saturated carbocycles. The van der Waals surface area contributed by atoms with Crippen molar-refractivity contribution in [2.75, 3.05) is 26.3 Å². The number of nitrogens with zero attached hydrogens (tertiary/aromatic N) is 1. The minimum Gasteiger partial charge on any atom is -0.481 e. The largest absolute Gasteiger partial charge is 0.481 e. The van der Waals surface area contributed by atoms with Gasteiger partial charge in [-0.1, -0.05) is 0 Å². The van der Waals surface area contributed by atoms with Crippen LogP contribution < -0.4 is 0 Å². The van der Waals surface area contributed by atoms with Crippen LogP contribution in [0.4, 0.5) is 4.79 Å². The van der Waals surface area contributed by atoms with Gasteiger partial charge in [-0.05, 0) is 33.6 Å². The second-order valence-corrected chi connectivity index (χ2v) is 6.77. The molecule has 0 radical (unpaired) electrons. The standard InChI is InChI=1S/C14H23NO5/c1-13(2,3)20-12(18)15-7-10(11(16)17)14(8-15)5-4-6-19-9-14/h10H,4-9H2,1-3H3,(H,16,17). The van der Waals surface area contributed by atoms with Crippen LogP contribution in [0.5, 0.6) is 0 Å². The van der Waals surface area contributed by atoms with Gasteiger partial charge in [0.15, 0.2) is 0 Å². The summed E-state index contributed by atoms with van der Waals surface area (Å²) in [6, 6.07) is 0. The van der Waals surface area contributed by atoms with Crippen molar-refractivity contribution in [1.82, 2.24) is 4.90 Å². The number of ether oxygens (including phenoxy) is 2. The molecule has 2 fully saturated rings. The zero-order valence-corrected chi connectivity index (χ0v) is 12.3. The molecule has 0 aromatic heterocycles. The summed E-state index contributed by atoms with van der Waals surface area (Å²) < 4.78 is 10.8. The molecular weight excluding hydrogens is 262 g/mol. The summed E-state index contributed by atoms with van der Waals surface area (Å²) in [6.45, 7) is 7.08. The first-order valence-corrected chi connectivity index (χ1v) is 7.02. The van der Waals surface area contributed by atoms with Crippen LogP contribution >= 0.6 is 0 Å². The Kier molecular flexibility index (Phi) is 3.95. The normalized spacial score (nSPS) is 30.6. The maximum absolute atomic E-state index is 12.1. The number of hydrogen-bond acceptors (Lipinski definition) is 4. The van der Waals surface area contributed by atoms with Crippen LogP contribution in [0.1, 0.15) is 33.6 Å². The molecule has 6 heteroatoms. The maximum Gasteiger partial charge on any atom is 0.410 e. The highest BCUT2D eigenvalue weighted by atomic mass is 16.6. The van der Waals surface area contributed by atoms with E-state index in [9.17, 15) is 14.7 Å². The number of carboxylic acid groups (broad SMARTS) is 1. The lowest BCUT2D eigenvalue weighted by Crippen LogP contribution is -2.42. The van der Waals surface area contributed by atoms with Gasteiger partial charge >= 0.3 is 12.1 Å². The van der Waals surface area contributed by atoms with E-state index in [1.807, 2.05) is 0 Å². The van der Waals surface area contributed by atoms with Crippen LogP contribution in [0.3, 0.4) is 0 Å². The topological polar surface area (TPSA) is 76.1 Å². The highest BCUT2D eigenvalue weighted by Crippen LogP contribution is 2.43. The van der Waals surface area contributed by atoms with Gasteiger partial charge in [0.25, 0.3) is 0 Å². The molecular formula is C14H23NO5. The molecule has 1 amide bonds. The minimum atomic E-state index is -0.860. The third-order valence-electron chi connectivity index (χ3n) is 3.95. The molecule has 0 aromatic rings. The first-order valence-electron chi connectivity index (χ1n) is 7.02. The molecule has 2 atom stereocenters. The van der Waals surface area contributed by atoms with Crippen molar-refractivity contribution in [3.63, 3.8) is 0 Å². The summed E-state index contributed by atoms with van der Waals surface area (Å²) in [5.41, 5.74) is -1.03. The van der Waals surface area contributed by atoms with Gasteiger partial charge < -0.3 is 19.5 Å². The van der Waals surface area contributed by atoms with Crippen LogP contribution in [-0.2, 0) is 14.3 Å². The van der Waals surface area contributed by atoms with Gasteiger partial charge in [0.2, 0.25) is 0 Å². The Morgan fingerprint density at radius 1 is 1.40 bits per heavy atom. The SMILES string of the molecule is CC(C)(C)OC(=O)N1CC(C(=O)O)C2(CCCOC2)C1. The Morgan fingerprint density at radius 3 is 2.60 bits per heavy atom. The first-order chi connectivity index (χ1) is 9.23. The lowest BCUT2D eigenvalue weighted by atomic mass is 9.74. The van der Waals surface area contributed by atoms with Crippen molar-refractivity contribution in [2.45, 2.75) is 39.2 Å². The third-order valence-corrected chi connectivity index (χ3v) is 3.95. The van der Waals surface area contributed by atoms with Gasteiger partial charge in [-0.2, -0.15) is 0 Å². The Morgan fingerprint density at radius 2 is 2.10 bits per heavy atom. The fourth-order valence-electron chi connectivity index (χ4n) is 3.05. The molecule has 1 N–H and O–H groups in total. The average Bonchev–Trinajstić information content (AvgIpc) is 2.67. The summed E-state index contributed by atoms with van der Waals surface area (Å²) in [5, 5.41) is 9.43. The van der Waals surface area contributed by atoms with Crippen LogP contribution in [-0.4, -0.2) is 54.0 Å². The molecule has 20 heavy (non-hydrogen) atoms. The fourth-order valence-corrected chi connectivity index (χ4v) is 3.05. The van der Waals surface area contributed by atoms with Gasteiger partial charge in [-0.3, -0.25) is 4.79 Å². The van der Waals surface area contributed by atoms with Crippen molar-refractivity contribution < 1.29 is 24.2 Å². The average molecular weight is 285 g/mol. The van der Waals surface area contributed by atoms with Crippen molar-refractivity contribution in [3.05, 3.63) is 0 Å². The molecule has 0 aliphatic carbocycles. The van der Waals surface area contributed by atoms with E-state index >= 15 is 0 Å². The van der Waals surface area contributed by atoms with E-state index in [0.717, 1.165) is 12.8 Å². The lowest BCUT2D eigenvalue weighted by Gasteiger charge is -2.35. The number of carbonyl (C=O) groups excluding carboxylic acids is 1. The summed E-state index contributed by atoms with van der Waals surface area (Å²) in [6.07, 6.45) is 1.18. The Balaban J connectivity index is 2.12. The number of rotatable bonds is 1. The summed E-state index contributed by atoms with van der Waals surface area (Å²) >= 11 is 0. The van der Waals surface area contributed by atoms with Gasteiger partial charge in [0.05, 0.1) is 12.5 Å². The molecule has 114 valence electrons. The summed E-state index contributed by atoms with van der Waals surface area (Å²) in [5.74, 6) is -1.43. The Bertz CT molecular complexity index is 395. The van der Waals surface area contributed by atoms with Gasteiger partial charge in [-0.25, -0.2) is 4.79 Å². The van der Waals surface area contributed by atoms with Crippen LogP contribution in [0.2, 0.25) is 0 Å². The number of carboxylic acids is 1. The van der Waals surface area contributed by atoms with Gasteiger partial charge in [0, 0.05) is 25.1 Å². The predicted octanol–water partition coefficient (Wildman–Crippen LogP) is 1.73. The van der Waals surface area contributed by atoms with E-state index < -0.39 is 29.0 Å². The molecule has 0 bridgehead atoms. The van der Waals surface area contributed by atoms with E-state index in [2.05, 4.69) is 0 Å². The molecule has 2 saturated heterocycles. The second kappa shape index (κ2) is 5.24.